The number of benzene rings is 1. The average molecular weight is 253 g/mol. The van der Waals surface area contributed by atoms with E-state index in [0.717, 1.165) is 0 Å². The number of primary amides is 1. The minimum absolute atomic E-state index is 0.241. The van der Waals surface area contributed by atoms with E-state index in [4.69, 9.17) is 21.3 Å². The molecule has 1 rings (SSSR count). The van der Waals surface area contributed by atoms with Gasteiger partial charge in [0.05, 0.1) is 6.54 Å². The highest BCUT2D eigenvalue weighted by molar-refractivity contribution is 5.81. The maximum absolute atomic E-state index is 11.3. The van der Waals surface area contributed by atoms with Crippen molar-refractivity contribution in [1.29, 1.82) is 0 Å². The highest BCUT2D eigenvalue weighted by atomic mass is 16.5. The lowest BCUT2D eigenvalue weighted by atomic mass is 10.3. The first-order valence-electron chi connectivity index (χ1n) is 5.21. The van der Waals surface area contributed by atoms with Gasteiger partial charge in [-0.15, -0.1) is 0 Å². The Morgan fingerprint density at radius 3 is 2.78 bits per heavy atom. The number of carbonyl (C=O) groups is 2. The fourth-order valence-electron chi connectivity index (χ4n) is 1.12. The van der Waals surface area contributed by atoms with E-state index in [2.05, 4.69) is 5.32 Å². The van der Waals surface area contributed by atoms with Crippen LogP contribution in [0.1, 0.15) is 0 Å². The number of amides is 2. The van der Waals surface area contributed by atoms with E-state index >= 15 is 0 Å². The number of anilines is 1. The number of hydrogen-bond donors (Lipinski definition) is 4. The van der Waals surface area contributed by atoms with E-state index in [1.54, 1.807) is 24.3 Å². The molecule has 6 N–H and O–H groups in total. The first kappa shape index (κ1) is 13.8. The summed E-state index contributed by atoms with van der Waals surface area (Å²) in [5.74, 6) is -0.912. The minimum Gasteiger partial charge on any atom is -0.484 e. The van der Waals surface area contributed by atoms with Crippen LogP contribution in [0, 0.1) is 0 Å². The van der Waals surface area contributed by atoms with Crippen LogP contribution in [-0.4, -0.2) is 36.2 Å². The summed E-state index contributed by atoms with van der Waals surface area (Å²) < 4.78 is 5.15. The van der Waals surface area contributed by atoms with E-state index in [0.29, 0.717) is 11.4 Å². The molecule has 18 heavy (non-hydrogen) atoms. The predicted molar refractivity (Wildman–Crippen MR) is 64.6 cm³/mol. The van der Waals surface area contributed by atoms with Crippen molar-refractivity contribution in [2.75, 3.05) is 18.9 Å². The van der Waals surface area contributed by atoms with Crippen LogP contribution in [0.5, 0.6) is 5.75 Å². The number of rotatable bonds is 6. The summed E-state index contributed by atoms with van der Waals surface area (Å²) >= 11 is 0. The first-order valence-corrected chi connectivity index (χ1v) is 5.21. The molecule has 0 bridgehead atoms. The summed E-state index contributed by atoms with van der Waals surface area (Å²) in [6, 6.07) is 6.61. The maximum atomic E-state index is 11.3. The fourth-order valence-corrected chi connectivity index (χ4v) is 1.12. The Bertz CT molecular complexity index is 436. The van der Waals surface area contributed by atoms with Gasteiger partial charge in [-0.05, 0) is 12.1 Å². The first-order chi connectivity index (χ1) is 8.49. The molecule has 0 aromatic heterocycles. The van der Waals surface area contributed by atoms with E-state index in [9.17, 15) is 9.59 Å². The third kappa shape index (κ3) is 4.71. The van der Waals surface area contributed by atoms with Crippen LogP contribution in [0.3, 0.4) is 0 Å². The van der Waals surface area contributed by atoms with Gasteiger partial charge in [-0.25, -0.2) is 0 Å². The van der Waals surface area contributed by atoms with Crippen molar-refractivity contribution in [3.63, 3.8) is 0 Å². The molecule has 1 atom stereocenters. The van der Waals surface area contributed by atoms with Crippen LogP contribution in [0.15, 0.2) is 24.3 Å². The Labute approximate surface area is 104 Å². The highest BCUT2D eigenvalue weighted by Gasteiger charge is 2.12. The highest BCUT2D eigenvalue weighted by Crippen LogP contribution is 2.13. The zero-order valence-electron chi connectivity index (χ0n) is 9.63. The number of hydrogen-bond acceptors (Lipinski definition) is 5. The largest absolute Gasteiger partial charge is 0.484 e. The second-order valence-corrected chi connectivity index (χ2v) is 3.58. The summed E-state index contributed by atoms with van der Waals surface area (Å²) in [6.45, 7) is -0.483. The van der Waals surface area contributed by atoms with Gasteiger partial charge in [-0.2, -0.15) is 0 Å². The monoisotopic (exact) mass is 253 g/mol. The van der Waals surface area contributed by atoms with Crippen molar-refractivity contribution in [2.24, 2.45) is 5.73 Å². The molecule has 0 radical (unpaired) electrons. The number of nitrogens with two attached hydrogens (primary N) is 2. The van der Waals surface area contributed by atoms with Gasteiger partial charge in [0.1, 0.15) is 11.9 Å². The zero-order valence-corrected chi connectivity index (χ0v) is 9.63. The number of aliphatic hydroxyl groups is 1. The van der Waals surface area contributed by atoms with Gasteiger partial charge in [0.15, 0.2) is 6.61 Å². The van der Waals surface area contributed by atoms with Gasteiger partial charge in [0.2, 0.25) is 5.91 Å². The van der Waals surface area contributed by atoms with Gasteiger partial charge in [0.25, 0.3) is 5.91 Å². The van der Waals surface area contributed by atoms with Gasteiger partial charge >= 0.3 is 0 Å². The maximum Gasteiger partial charge on any atom is 0.258 e. The van der Waals surface area contributed by atoms with Crippen molar-refractivity contribution in [3.8, 4) is 5.75 Å². The van der Waals surface area contributed by atoms with Gasteiger partial charge < -0.3 is 26.6 Å². The molecule has 0 aliphatic carbocycles. The molecular weight excluding hydrogens is 238 g/mol. The molecule has 1 aromatic carbocycles. The van der Waals surface area contributed by atoms with Crippen LogP contribution in [0.4, 0.5) is 5.69 Å². The van der Waals surface area contributed by atoms with Crippen LogP contribution in [0.25, 0.3) is 0 Å². The lowest BCUT2D eigenvalue weighted by molar-refractivity contribution is -0.127. The molecule has 7 nitrogen and oxygen atoms in total. The molecule has 0 spiro atoms. The normalized spacial score (nSPS) is 11.6. The van der Waals surface area contributed by atoms with E-state index in [1.165, 1.54) is 0 Å². The molecular formula is C11H15N3O4. The van der Waals surface area contributed by atoms with Crippen LogP contribution >= 0.6 is 0 Å². The molecule has 2 amide bonds. The minimum atomic E-state index is -1.40. The molecule has 7 heteroatoms. The quantitative estimate of drug-likeness (QED) is 0.464. The second kappa shape index (κ2) is 6.45. The zero-order chi connectivity index (χ0) is 13.5. The molecule has 0 saturated heterocycles. The number of nitrogens with one attached hydrogen (secondary N) is 1. The van der Waals surface area contributed by atoms with Crippen molar-refractivity contribution >= 4 is 17.5 Å². The van der Waals surface area contributed by atoms with Crippen molar-refractivity contribution < 1.29 is 19.4 Å². The standard InChI is InChI=1S/C11H15N3O4/c12-7-2-1-3-8(4-7)18-6-10(16)14-5-9(15)11(13)17/h1-4,9,15H,5-6,12H2,(H2,13,17)(H,14,16). The molecule has 0 fully saturated rings. The fraction of sp³-hybridized carbons (Fsp3) is 0.273. The Hall–Kier alpha value is -2.28. The average Bonchev–Trinajstić information content (AvgIpc) is 2.33. The Kier molecular flexibility index (Phi) is 4.94. The topological polar surface area (TPSA) is 128 Å². The third-order valence-corrected chi connectivity index (χ3v) is 2.05. The van der Waals surface area contributed by atoms with Crippen molar-refractivity contribution in [2.45, 2.75) is 6.10 Å². The molecule has 0 aliphatic rings. The summed E-state index contributed by atoms with van der Waals surface area (Å²) in [4.78, 5) is 21.8. The van der Waals surface area contributed by atoms with Crippen molar-refractivity contribution in [3.05, 3.63) is 24.3 Å². The Morgan fingerprint density at radius 2 is 2.17 bits per heavy atom. The Balaban J connectivity index is 2.31. The van der Waals surface area contributed by atoms with E-state index in [-0.39, 0.29) is 13.2 Å². The van der Waals surface area contributed by atoms with E-state index in [1.807, 2.05) is 0 Å². The third-order valence-electron chi connectivity index (χ3n) is 2.05. The SMILES string of the molecule is NC(=O)C(O)CNC(=O)COc1cccc(N)c1. The molecule has 1 unspecified atom stereocenters. The second-order valence-electron chi connectivity index (χ2n) is 3.58. The summed E-state index contributed by atoms with van der Waals surface area (Å²) in [5.41, 5.74) is 10.9. The number of nitrogen functional groups attached to an aromatic ring is 1. The number of carbonyl (C=O) groups excluding carboxylic acids is 2. The van der Waals surface area contributed by atoms with Crippen LogP contribution in [0.2, 0.25) is 0 Å². The molecule has 0 heterocycles. The number of aliphatic hydroxyl groups excluding tert-OH is 1. The smallest absolute Gasteiger partial charge is 0.258 e. The lowest BCUT2D eigenvalue weighted by Crippen LogP contribution is -2.41. The molecule has 0 aliphatic heterocycles. The Morgan fingerprint density at radius 1 is 1.44 bits per heavy atom. The summed E-state index contributed by atoms with van der Waals surface area (Å²) in [6.07, 6.45) is -1.40. The summed E-state index contributed by atoms with van der Waals surface area (Å²) in [5, 5.41) is 11.4. The molecule has 1 aromatic rings. The van der Waals surface area contributed by atoms with Gasteiger partial charge in [-0.3, -0.25) is 9.59 Å². The van der Waals surface area contributed by atoms with Crippen molar-refractivity contribution in [1.82, 2.24) is 5.32 Å². The van der Waals surface area contributed by atoms with Crippen LogP contribution < -0.4 is 21.5 Å². The lowest BCUT2D eigenvalue weighted by Gasteiger charge is -2.09. The molecule has 98 valence electrons. The predicted octanol–water partition coefficient (Wildman–Crippen LogP) is -1.39. The molecule has 0 saturated carbocycles. The number of ether oxygens (including phenoxy) is 1. The van der Waals surface area contributed by atoms with E-state index < -0.39 is 17.9 Å². The van der Waals surface area contributed by atoms with Gasteiger partial charge in [-0.1, -0.05) is 6.07 Å². The van der Waals surface area contributed by atoms with Crippen LogP contribution in [-0.2, 0) is 9.59 Å². The summed E-state index contributed by atoms with van der Waals surface area (Å²) in [7, 11) is 0. The van der Waals surface area contributed by atoms with Gasteiger partial charge in [0, 0.05) is 11.8 Å².